The second-order valence-corrected chi connectivity index (χ2v) is 6.82. The summed E-state index contributed by atoms with van der Waals surface area (Å²) in [5.74, 6) is 0.815. The first-order valence-corrected chi connectivity index (χ1v) is 8.55. The highest BCUT2D eigenvalue weighted by atomic mass is 35.5. The van der Waals surface area contributed by atoms with Crippen LogP contribution in [0.3, 0.4) is 0 Å². The van der Waals surface area contributed by atoms with Crippen LogP contribution in [0.5, 0.6) is 11.5 Å². The summed E-state index contributed by atoms with van der Waals surface area (Å²) in [4.78, 5) is 11.9. The Morgan fingerprint density at radius 3 is 2.80 bits per heavy atom. The third kappa shape index (κ3) is 3.46. The molecule has 0 aromatic heterocycles. The van der Waals surface area contributed by atoms with Gasteiger partial charge in [0.2, 0.25) is 0 Å². The van der Waals surface area contributed by atoms with Crippen LogP contribution in [0.25, 0.3) is 5.57 Å². The molecule has 1 heterocycles. The quantitative estimate of drug-likeness (QED) is 0.561. The van der Waals surface area contributed by atoms with Crippen molar-refractivity contribution in [3.05, 3.63) is 27.8 Å². The fourth-order valence-electron chi connectivity index (χ4n) is 3.33. The SMILES string of the molecule is CCC[C@@]12CCC(=O)C=C1c1c(cc(OCC(=N)N)c(Cl)c1Cl)O2.Cl. The van der Waals surface area contributed by atoms with Crippen LogP contribution >= 0.6 is 35.6 Å². The number of benzene rings is 1. The van der Waals surface area contributed by atoms with Gasteiger partial charge in [0.25, 0.3) is 0 Å². The number of nitrogens with one attached hydrogen (secondary N) is 1. The van der Waals surface area contributed by atoms with Crippen LogP contribution in [-0.4, -0.2) is 23.8 Å². The van der Waals surface area contributed by atoms with Crippen molar-refractivity contribution >= 4 is 52.8 Å². The molecular weight excluding hydrogens is 387 g/mol. The minimum absolute atomic E-state index is 0. The normalized spacial score (nSPS) is 20.8. The van der Waals surface area contributed by atoms with Gasteiger partial charge in [-0.3, -0.25) is 10.2 Å². The molecule has 0 spiro atoms. The zero-order chi connectivity index (χ0) is 17.5. The molecule has 0 fully saturated rings. The molecule has 0 saturated carbocycles. The van der Waals surface area contributed by atoms with Crippen LogP contribution in [0.4, 0.5) is 0 Å². The zero-order valence-electron chi connectivity index (χ0n) is 13.7. The van der Waals surface area contributed by atoms with Gasteiger partial charge in [0.1, 0.15) is 34.6 Å². The Morgan fingerprint density at radius 1 is 1.44 bits per heavy atom. The molecule has 0 bridgehead atoms. The second-order valence-electron chi connectivity index (χ2n) is 6.06. The Labute approximate surface area is 162 Å². The molecule has 0 unspecified atom stereocenters. The van der Waals surface area contributed by atoms with Gasteiger partial charge >= 0.3 is 0 Å². The smallest absolute Gasteiger partial charge is 0.156 e. The van der Waals surface area contributed by atoms with E-state index in [4.69, 9.17) is 43.8 Å². The van der Waals surface area contributed by atoms with Gasteiger partial charge in [-0.2, -0.15) is 0 Å². The van der Waals surface area contributed by atoms with Gasteiger partial charge in [-0.25, -0.2) is 0 Å². The first-order valence-electron chi connectivity index (χ1n) is 7.80. The number of ketones is 1. The number of fused-ring (bicyclic) bond motifs is 3. The predicted molar refractivity (Wildman–Crippen MR) is 102 cm³/mol. The molecule has 1 aromatic rings. The number of nitrogens with two attached hydrogens (primary N) is 1. The van der Waals surface area contributed by atoms with E-state index in [1.165, 1.54) is 0 Å². The predicted octanol–water partition coefficient (Wildman–Crippen LogP) is 4.41. The lowest BCUT2D eigenvalue weighted by atomic mass is 9.78. The molecule has 25 heavy (non-hydrogen) atoms. The van der Waals surface area contributed by atoms with Crippen LogP contribution in [0.1, 0.15) is 38.2 Å². The van der Waals surface area contributed by atoms with Crippen LogP contribution in [0.15, 0.2) is 12.1 Å². The zero-order valence-corrected chi connectivity index (χ0v) is 16.0. The lowest BCUT2D eigenvalue weighted by Crippen LogP contribution is -2.36. The average molecular weight is 406 g/mol. The molecule has 0 radical (unpaired) electrons. The summed E-state index contributed by atoms with van der Waals surface area (Å²) in [6.45, 7) is 1.99. The van der Waals surface area contributed by atoms with Crippen molar-refractivity contribution in [1.29, 1.82) is 5.41 Å². The van der Waals surface area contributed by atoms with E-state index >= 15 is 0 Å². The number of hydrogen-bond acceptors (Lipinski definition) is 4. The maximum Gasteiger partial charge on any atom is 0.156 e. The first kappa shape index (κ1) is 19.9. The van der Waals surface area contributed by atoms with Crippen molar-refractivity contribution < 1.29 is 14.3 Å². The summed E-state index contributed by atoms with van der Waals surface area (Å²) in [7, 11) is 0. The standard InChI is InChI=1S/C17H18Cl2N2O3.ClH/c1-2-4-17-5-3-9(22)6-10(17)14-11(24-17)7-12(15(18)16(14)19)23-8-13(20)21;/h6-7H,2-5,8H2,1H3,(H3,20,21);1H/t17-;/m1./s1. The molecule has 1 aromatic carbocycles. The maximum atomic E-state index is 11.9. The summed E-state index contributed by atoms with van der Waals surface area (Å²) in [6, 6.07) is 1.66. The highest BCUT2D eigenvalue weighted by molar-refractivity contribution is 6.44. The van der Waals surface area contributed by atoms with Crippen LogP contribution in [0.2, 0.25) is 10.0 Å². The van der Waals surface area contributed by atoms with Gasteiger partial charge in [0, 0.05) is 23.6 Å². The Morgan fingerprint density at radius 2 is 2.16 bits per heavy atom. The van der Waals surface area contributed by atoms with Gasteiger partial charge < -0.3 is 15.2 Å². The Balaban J connectivity index is 0.00000225. The van der Waals surface area contributed by atoms with Crippen molar-refractivity contribution in [3.8, 4) is 11.5 Å². The summed E-state index contributed by atoms with van der Waals surface area (Å²) >= 11 is 12.8. The second kappa shape index (κ2) is 7.44. The monoisotopic (exact) mass is 404 g/mol. The van der Waals surface area contributed by atoms with Crippen LogP contribution in [0, 0.1) is 5.41 Å². The van der Waals surface area contributed by atoms with Crippen molar-refractivity contribution in [2.24, 2.45) is 5.73 Å². The molecule has 3 rings (SSSR count). The topological polar surface area (TPSA) is 85.4 Å². The molecule has 3 N–H and O–H groups in total. The lowest BCUT2D eigenvalue weighted by Gasteiger charge is -2.32. The van der Waals surface area contributed by atoms with Gasteiger partial charge in [0.15, 0.2) is 5.78 Å². The molecule has 0 saturated heterocycles. The Bertz CT molecular complexity index is 764. The molecular formula is C17H19Cl3N2O3. The number of rotatable bonds is 5. The van der Waals surface area contributed by atoms with Crippen LogP contribution in [-0.2, 0) is 4.79 Å². The number of allylic oxidation sites excluding steroid dienone is 1. The van der Waals surface area contributed by atoms with Crippen LogP contribution < -0.4 is 15.2 Å². The number of carbonyl (C=O) groups excluding carboxylic acids is 1. The van der Waals surface area contributed by atoms with Gasteiger partial charge in [-0.1, -0.05) is 36.5 Å². The van der Waals surface area contributed by atoms with Gasteiger partial charge in [0.05, 0.1) is 5.02 Å². The minimum Gasteiger partial charge on any atom is -0.484 e. The third-order valence-electron chi connectivity index (χ3n) is 4.32. The minimum atomic E-state index is -0.531. The molecule has 136 valence electrons. The van der Waals surface area contributed by atoms with Crippen molar-refractivity contribution in [2.45, 2.75) is 38.2 Å². The molecule has 1 aliphatic heterocycles. The number of hydrogen-bond donors (Lipinski definition) is 2. The van der Waals surface area contributed by atoms with E-state index in [1.54, 1.807) is 12.1 Å². The van der Waals surface area contributed by atoms with E-state index < -0.39 is 5.60 Å². The Hall–Kier alpha value is -1.43. The molecule has 8 heteroatoms. The van der Waals surface area contributed by atoms with Crippen molar-refractivity contribution in [3.63, 3.8) is 0 Å². The fourth-order valence-corrected chi connectivity index (χ4v) is 3.82. The molecule has 5 nitrogen and oxygen atoms in total. The highest BCUT2D eigenvalue weighted by Gasteiger charge is 2.47. The van der Waals surface area contributed by atoms with Gasteiger partial charge in [-0.05, 0) is 18.9 Å². The molecule has 0 amide bonds. The number of ether oxygens (including phenoxy) is 2. The lowest BCUT2D eigenvalue weighted by molar-refractivity contribution is -0.115. The molecule has 1 atom stereocenters. The molecule has 1 aliphatic carbocycles. The number of halogens is 3. The average Bonchev–Trinajstić information content (AvgIpc) is 2.83. The van der Waals surface area contributed by atoms with E-state index in [0.717, 1.165) is 18.4 Å². The summed E-state index contributed by atoms with van der Waals surface area (Å²) in [5.41, 5.74) is 6.26. The van der Waals surface area contributed by atoms with E-state index in [-0.39, 0.29) is 35.7 Å². The highest BCUT2D eigenvalue weighted by Crippen LogP contribution is 2.56. The summed E-state index contributed by atoms with van der Waals surface area (Å²) in [5, 5.41) is 7.79. The van der Waals surface area contributed by atoms with Gasteiger partial charge in [-0.15, -0.1) is 12.4 Å². The molecule has 2 aliphatic rings. The van der Waals surface area contributed by atoms with Crippen molar-refractivity contribution in [2.75, 3.05) is 6.61 Å². The van der Waals surface area contributed by atoms with E-state index in [1.807, 2.05) is 0 Å². The largest absolute Gasteiger partial charge is 0.484 e. The first-order chi connectivity index (χ1) is 11.4. The number of amidine groups is 1. The maximum absolute atomic E-state index is 11.9. The Kier molecular flexibility index (Phi) is 5.92. The third-order valence-corrected chi connectivity index (χ3v) is 5.17. The van der Waals surface area contributed by atoms with E-state index in [0.29, 0.717) is 34.9 Å². The summed E-state index contributed by atoms with van der Waals surface area (Å²) in [6.07, 6.45) is 4.41. The van der Waals surface area contributed by atoms with Crippen molar-refractivity contribution in [1.82, 2.24) is 0 Å². The fraction of sp³-hybridized carbons (Fsp3) is 0.412. The van der Waals surface area contributed by atoms with E-state index in [9.17, 15) is 4.79 Å². The number of carbonyl (C=O) groups is 1. The summed E-state index contributed by atoms with van der Waals surface area (Å²) < 4.78 is 11.7. The van der Waals surface area contributed by atoms with E-state index in [2.05, 4.69) is 6.92 Å².